The van der Waals surface area contributed by atoms with Gasteiger partial charge in [0.25, 0.3) is 5.91 Å². The van der Waals surface area contributed by atoms with Gasteiger partial charge in [-0.3, -0.25) is 9.48 Å². The van der Waals surface area contributed by atoms with Crippen LogP contribution in [0.2, 0.25) is 0 Å². The Morgan fingerprint density at radius 2 is 1.68 bits per heavy atom. The van der Waals surface area contributed by atoms with Crippen molar-refractivity contribution in [3.05, 3.63) is 101 Å². The summed E-state index contributed by atoms with van der Waals surface area (Å²) in [5.41, 5.74) is 6.66. The molecule has 4 aromatic rings. The van der Waals surface area contributed by atoms with Crippen molar-refractivity contribution in [2.45, 2.75) is 51.7 Å². The summed E-state index contributed by atoms with van der Waals surface area (Å²) < 4.78 is 8.30. The highest BCUT2D eigenvalue weighted by atomic mass is 16.5. The van der Waals surface area contributed by atoms with Crippen LogP contribution in [-0.2, 0) is 11.4 Å². The van der Waals surface area contributed by atoms with Gasteiger partial charge in [0.15, 0.2) is 0 Å². The maximum atomic E-state index is 12.7. The Morgan fingerprint density at radius 3 is 2.32 bits per heavy atom. The van der Waals surface area contributed by atoms with Crippen molar-refractivity contribution >= 4 is 18.0 Å². The average molecular weight is 589 g/mol. The molecule has 1 saturated carbocycles. The van der Waals surface area contributed by atoms with Crippen LogP contribution in [0.15, 0.2) is 78.4 Å². The first-order chi connectivity index (χ1) is 21.2. The number of amides is 1. The molecule has 1 N–H and O–H groups in total. The maximum Gasteiger partial charge on any atom is 0.331 e. The molecule has 0 unspecified atom stereocenters. The Balaban J connectivity index is 1.41. The molecule has 1 amide bonds. The highest BCUT2D eigenvalue weighted by Gasteiger charge is 2.21. The number of aliphatic carboxylic acids is 1. The number of benzene rings is 3. The number of rotatable bonds is 9. The Labute approximate surface area is 257 Å². The second-order valence-corrected chi connectivity index (χ2v) is 11.4. The topological polar surface area (TPSA) is 108 Å². The second-order valence-electron chi connectivity index (χ2n) is 11.4. The number of nitrogens with zero attached hydrogens (tertiary/aromatic N) is 4. The van der Waals surface area contributed by atoms with Crippen LogP contribution >= 0.6 is 0 Å². The summed E-state index contributed by atoms with van der Waals surface area (Å²) in [6, 6.07) is 25.2. The SMILES string of the molecule is C/C(=C\c1cc(-c2ccc(OCc3cc(C(=O)N(C)C)ccc3-c3ccc(C#N)cc3)cc2)n(C2CCCCC2)n1)C(=O)O. The molecule has 1 aliphatic carbocycles. The number of carboxylic acid groups (broad SMARTS) is 1. The summed E-state index contributed by atoms with van der Waals surface area (Å²) in [6.07, 6.45) is 7.25. The molecular weight excluding hydrogens is 552 g/mol. The third-order valence-electron chi connectivity index (χ3n) is 8.00. The van der Waals surface area contributed by atoms with Gasteiger partial charge in [0.1, 0.15) is 12.4 Å². The van der Waals surface area contributed by atoms with Gasteiger partial charge in [-0.25, -0.2) is 4.79 Å². The number of carbonyl (C=O) groups is 2. The summed E-state index contributed by atoms with van der Waals surface area (Å²) >= 11 is 0. The van der Waals surface area contributed by atoms with Crippen LogP contribution in [0.3, 0.4) is 0 Å². The van der Waals surface area contributed by atoms with Crippen LogP contribution in [0.5, 0.6) is 5.75 Å². The minimum atomic E-state index is -0.959. The van der Waals surface area contributed by atoms with Gasteiger partial charge < -0.3 is 14.7 Å². The number of hydrogen-bond acceptors (Lipinski definition) is 5. The van der Waals surface area contributed by atoms with Gasteiger partial charge in [-0.2, -0.15) is 10.4 Å². The predicted molar refractivity (Wildman–Crippen MR) is 170 cm³/mol. The van der Waals surface area contributed by atoms with Gasteiger partial charge in [0.05, 0.1) is 29.1 Å². The van der Waals surface area contributed by atoms with Crippen molar-refractivity contribution < 1.29 is 19.4 Å². The molecule has 8 heteroatoms. The Kier molecular flexibility index (Phi) is 9.25. The summed E-state index contributed by atoms with van der Waals surface area (Å²) in [5.74, 6) is -0.377. The van der Waals surface area contributed by atoms with E-state index in [2.05, 4.69) is 10.8 Å². The Hall–Kier alpha value is -5.16. The van der Waals surface area contributed by atoms with Crippen molar-refractivity contribution in [2.75, 3.05) is 14.1 Å². The first-order valence-corrected chi connectivity index (χ1v) is 14.8. The summed E-state index contributed by atoms with van der Waals surface area (Å²) in [4.78, 5) is 25.7. The fourth-order valence-electron chi connectivity index (χ4n) is 5.58. The highest BCUT2D eigenvalue weighted by Crippen LogP contribution is 2.34. The maximum absolute atomic E-state index is 12.7. The van der Waals surface area contributed by atoms with Gasteiger partial charge in [-0.15, -0.1) is 0 Å². The lowest BCUT2D eigenvalue weighted by molar-refractivity contribution is -0.132. The van der Waals surface area contributed by atoms with Crippen LogP contribution < -0.4 is 4.74 Å². The molecule has 1 aromatic heterocycles. The van der Waals surface area contributed by atoms with E-state index < -0.39 is 5.97 Å². The van der Waals surface area contributed by atoms with Crippen LogP contribution in [0.4, 0.5) is 0 Å². The van der Waals surface area contributed by atoms with E-state index in [0.717, 1.165) is 53.6 Å². The molecule has 0 atom stereocenters. The average Bonchev–Trinajstić information content (AvgIpc) is 3.47. The van der Waals surface area contributed by atoms with Gasteiger partial charge >= 0.3 is 5.97 Å². The summed E-state index contributed by atoms with van der Waals surface area (Å²) in [7, 11) is 3.45. The van der Waals surface area contributed by atoms with Gasteiger partial charge in [0.2, 0.25) is 0 Å². The van der Waals surface area contributed by atoms with Crippen molar-refractivity contribution in [3.63, 3.8) is 0 Å². The minimum absolute atomic E-state index is 0.0932. The van der Waals surface area contributed by atoms with E-state index in [-0.39, 0.29) is 24.1 Å². The predicted octanol–water partition coefficient (Wildman–Crippen LogP) is 7.36. The number of aromatic nitrogens is 2. The standard InChI is InChI=1S/C36H36N4O4/c1-24(36(42)43)19-30-21-34(40(38-30)31-7-5-4-6-8-31)27-13-16-32(17-14-27)44-23-29-20-28(35(41)39(2)3)15-18-33(29)26-11-9-25(22-37)10-12-26/h9-21,31H,4-8,23H2,1-3H3,(H,42,43)/b24-19+. The summed E-state index contributed by atoms with van der Waals surface area (Å²) in [6.45, 7) is 1.82. The zero-order valence-electron chi connectivity index (χ0n) is 25.3. The number of hydrogen-bond donors (Lipinski definition) is 1. The molecule has 224 valence electrons. The second kappa shape index (κ2) is 13.4. The molecule has 0 aliphatic heterocycles. The van der Waals surface area contributed by atoms with Gasteiger partial charge in [0, 0.05) is 30.8 Å². The van der Waals surface area contributed by atoms with Crippen LogP contribution in [0.25, 0.3) is 28.5 Å². The lowest BCUT2D eigenvalue weighted by atomic mass is 9.95. The molecule has 44 heavy (non-hydrogen) atoms. The molecule has 0 bridgehead atoms. The molecule has 0 spiro atoms. The van der Waals surface area contributed by atoms with E-state index in [0.29, 0.717) is 22.6 Å². The van der Waals surface area contributed by atoms with E-state index in [9.17, 15) is 20.0 Å². The summed E-state index contributed by atoms with van der Waals surface area (Å²) in [5, 5.41) is 23.4. The first-order valence-electron chi connectivity index (χ1n) is 14.8. The van der Waals surface area contributed by atoms with Crippen LogP contribution in [0, 0.1) is 11.3 Å². The van der Waals surface area contributed by atoms with Crippen molar-refractivity contribution in [3.8, 4) is 34.2 Å². The molecule has 0 radical (unpaired) electrons. The van der Waals surface area contributed by atoms with E-state index in [4.69, 9.17) is 9.84 Å². The number of carbonyl (C=O) groups excluding carboxylic acids is 1. The third-order valence-corrected chi connectivity index (χ3v) is 8.00. The molecular formula is C36H36N4O4. The van der Waals surface area contributed by atoms with Crippen LogP contribution in [-0.4, -0.2) is 45.8 Å². The molecule has 8 nitrogen and oxygen atoms in total. The monoisotopic (exact) mass is 588 g/mol. The zero-order valence-corrected chi connectivity index (χ0v) is 25.3. The van der Waals surface area contributed by atoms with E-state index in [1.54, 1.807) is 44.1 Å². The largest absolute Gasteiger partial charge is 0.489 e. The fraction of sp³-hybridized carbons (Fsp3) is 0.278. The number of carboxylic acids is 1. The first kappa shape index (κ1) is 30.3. The molecule has 3 aromatic carbocycles. The van der Waals surface area contributed by atoms with Crippen LogP contribution in [0.1, 0.15) is 72.2 Å². The molecule has 1 heterocycles. The third kappa shape index (κ3) is 6.90. The number of ether oxygens (including phenoxy) is 1. The smallest absolute Gasteiger partial charge is 0.331 e. The highest BCUT2D eigenvalue weighted by molar-refractivity contribution is 5.95. The Morgan fingerprint density at radius 1 is 1.00 bits per heavy atom. The Bertz CT molecular complexity index is 1720. The molecule has 1 aliphatic rings. The van der Waals surface area contributed by atoms with Gasteiger partial charge in [-0.1, -0.05) is 37.5 Å². The molecule has 1 fully saturated rings. The molecule has 0 saturated heterocycles. The normalized spacial score (nSPS) is 13.7. The minimum Gasteiger partial charge on any atom is -0.489 e. The molecule has 5 rings (SSSR count). The van der Waals surface area contributed by atoms with E-state index >= 15 is 0 Å². The van der Waals surface area contributed by atoms with Crippen molar-refractivity contribution in [1.82, 2.24) is 14.7 Å². The zero-order chi connectivity index (χ0) is 31.2. The van der Waals surface area contributed by atoms with E-state index in [1.807, 2.05) is 60.7 Å². The number of nitriles is 1. The van der Waals surface area contributed by atoms with E-state index in [1.165, 1.54) is 6.42 Å². The lowest BCUT2D eigenvalue weighted by Gasteiger charge is -2.24. The fourth-order valence-corrected chi connectivity index (χ4v) is 5.58. The van der Waals surface area contributed by atoms with Crippen molar-refractivity contribution in [2.24, 2.45) is 0 Å². The quantitative estimate of drug-likeness (QED) is 0.205. The van der Waals surface area contributed by atoms with Gasteiger partial charge in [-0.05, 0) is 97.1 Å². The van der Waals surface area contributed by atoms with Crippen molar-refractivity contribution in [1.29, 1.82) is 5.26 Å². The lowest BCUT2D eigenvalue weighted by Crippen LogP contribution is -2.21.